The van der Waals surface area contributed by atoms with Gasteiger partial charge in [-0.2, -0.15) is 0 Å². The second-order valence-electron chi connectivity index (χ2n) is 3.32. The Balaban J connectivity index is 2.43. The van der Waals surface area contributed by atoms with Crippen LogP contribution in [-0.2, 0) is 10.0 Å². The molecule has 0 atom stereocenters. The predicted molar refractivity (Wildman–Crippen MR) is 67.1 cm³/mol. The number of hydrogen-bond donors (Lipinski definition) is 2. The molecule has 94 valence electrons. The van der Waals surface area contributed by atoms with Crippen molar-refractivity contribution in [1.29, 1.82) is 0 Å². The van der Waals surface area contributed by atoms with Gasteiger partial charge in [0.25, 0.3) is 10.0 Å². The predicted octanol–water partition coefficient (Wildman–Crippen LogP) is 1.22. The molecule has 0 saturated carbocycles. The summed E-state index contributed by atoms with van der Waals surface area (Å²) in [7, 11) is -3.98. The van der Waals surface area contributed by atoms with Crippen LogP contribution in [0.25, 0.3) is 0 Å². The average molecular weight is 286 g/mol. The summed E-state index contributed by atoms with van der Waals surface area (Å²) in [5, 5.41) is 0.00781. The van der Waals surface area contributed by atoms with Gasteiger partial charge >= 0.3 is 0 Å². The van der Waals surface area contributed by atoms with Crippen molar-refractivity contribution in [2.75, 3.05) is 4.72 Å². The lowest BCUT2D eigenvalue weighted by Crippen LogP contribution is -2.21. The summed E-state index contributed by atoms with van der Waals surface area (Å²) >= 11 is 5.73. The maximum atomic E-state index is 12.0. The highest BCUT2D eigenvalue weighted by Crippen LogP contribution is 2.20. The van der Waals surface area contributed by atoms with E-state index >= 15 is 0 Å². The molecule has 2 heterocycles. The Morgan fingerprint density at radius 1 is 1.33 bits per heavy atom. The highest BCUT2D eigenvalue weighted by atomic mass is 35.5. The van der Waals surface area contributed by atoms with E-state index < -0.39 is 15.5 Å². The van der Waals surface area contributed by atoms with Gasteiger partial charge in [0, 0.05) is 24.7 Å². The molecule has 2 rings (SSSR count). The van der Waals surface area contributed by atoms with Gasteiger partial charge in [-0.05, 0) is 12.1 Å². The Kier molecular flexibility index (Phi) is 3.35. The summed E-state index contributed by atoms with van der Waals surface area (Å²) < 4.78 is 26.1. The zero-order chi connectivity index (χ0) is 13.2. The lowest BCUT2D eigenvalue weighted by Gasteiger charge is -2.07. The van der Waals surface area contributed by atoms with Crippen molar-refractivity contribution in [3.8, 4) is 0 Å². The molecule has 0 aliphatic rings. The molecule has 8 heteroatoms. The van der Waals surface area contributed by atoms with Crippen LogP contribution < -0.4 is 10.2 Å². The summed E-state index contributed by atoms with van der Waals surface area (Å²) in [6, 6.07) is 4.10. The third kappa shape index (κ3) is 2.52. The van der Waals surface area contributed by atoms with E-state index in [0.717, 1.165) is 12.3 Å². The summed E-state index contributed by atoms with van der Waals surface area (Å²) in [5.41, 5.74) is -0.497. The van der Waals surface area contributed by atoms with Crippen LogP contribution in [0.1, 0.15) is 0 Å². The number of aromatic nitrogens is 2. The molecule has 2 N–H and O–H groups in total. The lowest BCUT2D eigenvalue weighted by molar-refractivity contribution is 0.600. The summed E-state index contributed by atoms with van der Waals surface area (Å²) in [5.74, 6) is 0. The van der Waals surface area contributed by atoms with E-state index in [0.29, 0.717) is 0 Å². The molecule has 6 nitrogen and oxygen atoms in total. The van der Waals surface area contributed by atoms with Crippen molar-refractivity contribution in [3.63, 3.8) is 0 Å². The van der Waals surface area contributed by atoms with Gasteiger partial charge in [-0.3, -0.25) is 9.52 Å². The first-order valence-electron chi connectivity index (χ1n) is 4.81. The van der Waals surface area contributed by atoms with Crippen molar-refractivity contribution in [3.05, 3.63) is 52.2 Å². The smallest absolute Gasteiger partial charge is 0.267 e. The van der Waals surface area contributed by atoms with Gasteiger partial charge in [-0.1, -0.05) is 11.6 Å². The number of nitrogens with zero attached hydrogens (tertiary/aromatic N) is 1. The van der Waals surface area contributed by atoms with Crippen LogP contribution in [0, 0.1) is 0 Å². The van der Waals surface area contributed by atoms with Crippen LogP contribution in [0.4, 0.5) is 5.69 Å². The normalized spacial score (nSPS) is 11.2. The maximum Gasteiger partial charge on any atom is 0.267 e. The van der Waals surface area contributed by atoms with E-state index in [2.05, 4.69) is 14.7 Å². The molecule has 18 heavy (non-hydrogen) atoms. The van der Waals surface area contributed by atoms with Gasteiger partial charge in [0.1, 0.15) is 0 Å². The van der Waals surface area contributed by atoms with E-state index in [-0.39, 0.29) is 15.7 Å². The molecule has 0 aliphatic carbocycles. The Morgan fingerprint density at radius 2 is 2.11 bits per heavy atom. The fraction of sp³-hybridized carbons (Fsp3) is 0. The van der Waals surface area contributed by atoms with Gasteiger partial charge in [-0.15, -0.1) is 0 Å². The summed E-state index contributed by atoms with van der Waals surface area (Å²) in [4.78, 5) is 17.3. The zero-order valence-corrected chi connectivity index (χ0v) is 10.5. The number of pyridine rings is 2. The third-order valence-electron chi connectivity index (χ3n) is 2.08. The number of aromatic amines is 1. The SMILES string of the molecule is O=c1cc[nH]cc1S(=O)(=O)Nc1cccnc1Cl. The first-order valence-corrected chi connectivity index (χ1v) is 6.67. The van der Waals surface area contributed by atoms with Crippen molar-refractivity contribution in [2.45, 2.75) is 4.90 Å². The number of sulfonamides is 1. The Labute approximate surface area is 108 Å². The fourth-order valence-corrected chi connectivity index (χ4v) is 2.62. The zero-order valence-electron chi connectivity index (χ0n) is 8.92. The monoisotopic (exact) mass is 285 g/mol. The number of H-pyrrole nitrogens is 1. The minimum atomic E-state index is -3.98. The van der Waals surface area contributed by atoms with Crippen molar-refractivity contribution in [2.24, 2.45) is 0 Å². The van der Waals surface area contributed by atoms with Gasteiger partial charge in [0.15, 0.2) is 10.0 Å². The van der Waals surface area contributed by atoms with E-state index in [1.54, 1.807) is 0 Å². The van der Waals surface area contributed by atoms with Crippen LogP contribution in [0.5, 0.6) is 0 Å². The maximum absolute atomic E-state index is 12.0. The molecule has 0 fully saturated rings. The molecular weight excluding hydrogens is 278 g/mol. The van der Waals surface area contributed by atoms with Crippen molar-refractivity contribution >= 4 is 27.3 Å². The van der Waals surface area contributed by atoms with E-state index in [4.69, 9.17) is 11.6 Å². The van der Waals surface area contributed by atoms with E-state index in [9.17, 15) is 13.2 Å². The molecule has 0 saturated heterocycles. The molecule has 0 bridgehead atoms. The Morgan fingerprint density at radius 3 is 2.78 bits per heavy atom. The molecule has 0 radical (unpaired) electrons. The summed E-state index contributed by atoms with van der Waals surface area (Å²) in [6.45, 7) is 0. The van der Waals surface area contributed by atoms with Gasteiger partial charge in [0.05, 0.1) is 5.69 Å². The minimum Gasteiger partial charge on any atom is -0.366 e. The number of nitrogens with one attached hydrogen (secondary N) is 2. The number of halogens is 1. The largest absolute Gasteiger partial charge is 0.366 e. The molecule has 0 unspecified atom stereocenters. The number of hydrogen-bond acceptors (Lipinski definition) is 4. The number of anilines is 1. The Hall–Kier alpha value is -1.86. The first-order chi connectivity index (χ1) is 8.50. The molecule has 0 aromatic carbocycles. The quantitative estimate of drug-likeness (QED) is 0.830. The van der Waals surface area contributed by atoms with Gasteiger partial charge in [0.2, 0.25) is 5.43 Å². The molecule has 0 aliphatic heterocycles. The van der Waals surface area contributed by atoms with E-state index in [1.807, 2.05) is 0 Å². The van der Waals surface area contributed by atoms with Crippen LogP contribution in [0.15, 0.2) is 46.5 Å². The second-order valence-corrected chi connectivity index (χ2v) is 5.33. The third-order valence-corrected chi connectivity index (χ3v) is 3.77. The average Bonchev–Trinajstić information content (AvgIpc) is 2.32. The van der Waals surface area contributed by atoms with Crippen molar-refractivity contribution in [1.82, 2.24) is 9.97 Å². The summed E-state index contributed by atoms with van der Waals surface area (Å²) in [6.07, 6.45) is 3.88. The van der Waals surface area contributed by atoms with Crippen LogP contribution >= 0.6 is 11.6 Å². The number of rotatable bonds is 3. The molecule has 0 spiro atoms. The van der Waals surface area contributed by atoms with Gasteiger partial charge in [-0.25, -0.2) is 13.4 Å². The lowest BCUT2D eigenvalue weighted by atomic mass is 10.4. The van der Waals surface area contributed by atoms with Crippen LogP contribution in [0.2, 0.25) is 5.15 Å². The standard InChI is InChI=1S/C10H8ClN3O3S/c11-10-7(2-1-4-13-10)14-18(16,17)9-6-12-5-3-8(9)15/h1-6,14H,(H,12,15). The minimum absolute atomic E-state index is 0.00781. The highest BCUT2D eigenvalue weighted by molar-refractivity contribution is 7.92. The topological polar surface area (TPSA) is 91.9 Å². The van der Waals surface area contributed by atoms with E-state index in [1.165, 1.54) is 24.5 Å². The fourth-order valence-electron chi connectivity index (χ4n) is 1.27. The second kappa shape index (κ2) is 4.79. The molecule has 0 amide bonds. The molecule has 2 aromatic rings. The highest BCUT2D eigenvalue weighted by Gasteiger charge is 2.18. The molecular formula is C10H8ClN3O3S. The van der Waals surface area contributed by atoms with Crippen LogP contribution in [0.3, 0.4) is 0 Å². The van der Waals surface area contributed by atoms with Crippen molar-refractivity contribution < 1.29 is 8.42 Å². The van der Waals surface area contributed by atoms with Crippen LogP contribution in [-0.4, -0.2) is 18.4 Å². The van der Waals surface area contributed by atoms with Gasteiger partial charge < -0.3 is 4.98 Å². The molecule has 2 aromatic heterocycles. The Bertz CT molecular complexity index is 727. The first kappa shape index (κ1) is 12.6.